The molecule has 3 heteroatoms. The average molecular weight is 159 g/mol. The topological polar surface area (TPSA) is 38.3 Å². The number of carbonyl (C=O) groups excluding carboxylic acids is 1. The van der Waals surface area contributed by atoms with Gasteiger partial charge in [-0.3, -0.25) is 9.63 Å². The first kappa shape index (κ1) is 10.4. The van der Waals surface area contributed by atoms with Gasteiger partial charge in [0, 0.05) is 5.41 Å². The van der Waals surface area contributed by atoms with Crippen molar-refractivity contribution in [3.05, 3.63) is 0 Å². The highest BCUT2D eigenvalue weighted by Crippen LogP contribution is 2.18. The Labute approximate surface area is 68.1 Å². The molecule has 0 aliphatic heterocycles. The molecule has 0 aromatic rings. The van der Waals surface area contributed by atoms with E-state index < -0.39 is 0 Å². The van der Waals surface area contributed by atoms with Crippen LogP contribution in [-0.4, -0.2) is 12.5 Å². The number of amides is 1. The van der Waals surface area contributed by atoms with Crippen molar-refractivity contribution in [2.45, 2.75) is 34.1 Å². The Morgan fingerprint density at radius 3 is 2.36 bits per heavy atom. The van der Waals surface area contributed by atoms with Crippen LogP contribution in [0.15, 0.2) is 0 Å². The minimum absolute atomic E-state index is 0.0538. The molecule has 0 atom stereocenters. The average Bonchev–Trinajstić information content (AvgIpc) is 2.00. The van der Waals surface area contributed by atoms with Gasteiger partial charge >= 0.3 is 0 Å². The smallest absolute Gasteiger partial charge is 0.249 e. The van der Waals surface area contributed by atoms with Crippen LogP contribution in [0, 0.1) is 5.41 Å². The summed E-state index contributed by atoms with van der Waals surface area (Å²) in [5, 5.41) is 0. The quantitative estimate of drug-likeness (QED) is 0.631. The van der Waals surface area contributed by atoms with Crippen LogP contribution in [0.1, 0.15) is 34.1 Å². The largest absolute Gasteiger partial charge is 0.274 e. The van der Waals surface area contributed by atoms with Gasteiger partial charge in [-0.15, -0.1) is 0 Å². The summed E-state index contributed by atoms with van der Waals surface area (Å²) in [5.74, 6) is -0.0538. The fourth-order valence-electron chi connectivity index (χ4n) is 0.436. The number of nitrogens with one attached hydrogen (secondary N) is 1. The molecule has 66 valence electrons. The van der Waals surface area contributed by atoms with Gasteiger partial charge in [-0.05, 0) is 13.3 Å². The highest BCUT2D eigenvalue weighted by molar-refractivity contribution is 5.80. The van der Waals surface area contributed by atoms with Crippen molar-refractivity contribution < 1.29 is 9.63 Å². The molecule has 0 aliphatic carbocycles. The van der Waals surface area contributed by atoms with Crippen LogP contribution < -0.4 is 5.48 Å². The molecule has 0 fully saturated rings. The van der Waals surface area contributed by atoms with Gasteiger partial charge in [0.25, 0.3) is 0 Å². The molecule has 0 spiro atoms. The third kappa shape index (κ3) is 3.37. The van der Waals surface area contributed by atoms with Crippen molar-refractivity contribution in [3.8, 4) is 0 Å². The molecule has 0 saturated carbocycles. The maximum Gasteiger partial charge on any atom is 0.249 e. The second kappa shape index (κ2) is 4.34. The second-order valence-corrected chi connectivity index (χ2v) is 3.10. The van der Waals surface area contributed by atoms with Gasteiger partial charge in [-0.25, -0.2) is 5.48 Å². The van der Waals surface area contributed by atoms with Crippen LogP contribution in [0.2, 0.25) is 0 Å². The first-order valence-electron chi connectivity index (χ1n) is 3.96. The molecule has 0 heterocycles. The van der Waals surface area contributed by atoms with Crippen LogP contribution >= 0.6 is 0 Å². The lowest BCUT2D eigenvalue weighted by atomic mass is 9.90. The molecule has 0 radical (unpaired) electrons. The summed E-state index contributed by atoms with van der Waals surface area (Å²) in [5.41, 5.74) is 2.06. The predicted octanol–water partition coefficient (Wildman–Crippen LogP) is 1.49. The van der Waals surface area contributed by atoms with Crippen LogP contribution in [-0.2, 0) is 9.63 Å². The van der Waals surface area contributed by atoms with Gasteiger partial charge in [0.1, 0.15) is 0 Å². The molecule has 1 amide bonds. The van der Waals surface area contributed by atoms with E-state index in [1.165, 1.54) is 0 Å². The van der Waals surface area contributed by atoms with E-state index in [9.17, 15) is 4.79 Å². The fraction of sp³-hybridized carbons (Fsp3) is 0.875. The van der Waals surface area contributed by atoms with Crippen LogP contribution in [0.5, 0.6) is 0 Å². The van der Waals surface area contributed by atoms with Crippen molar-refractivity contribution in [1.29, 1.82) is 0 Å². The summed E-state index contributed by atoms with van der Waals surface area (Å²) in [7, 11) is 0. The van der Waals surface area contributed by atoms with Crippen LogP contribution in [0.4, 0.5) is 0 Å². The van der Waals surface area contributed by atoms with Crippen molar-refractivity contribution in [3.63, 3.8) is 0 Å². The standard InChI is InChI=1S/C8H17NO2/c1-5-8(3,4)7(10)9-11-6-2/h5-6H2,1-4H3,(H,9,10). The summed E-state index contributed by atoms with van der Waals surface area (Å²) in [4.78, 5) is 16.0. The summed E-state index contributed by atoms with van der Waals surface area (Å²) < 4.78 is 0. The number of hydrogen-bond donors (Lipinski definition) is 1. The molecule has 0 aliphatic rings. The summed E-state index contributed by atoms with van der Waals surface area (Å²) in [6.45, 7) is 8.10. The number of hydroxylamine groups is 1. The van der Waals surface area contributed by atoms with E-state index in [4.69, 9.17) is 4.84 Å². The molecule has 0 rings (SSSR count). The van der Waals surface area contributed by atoms with Crippen molar-refractivity contribution >= 4 is 5.91 Å². The maximum atomic E-state index is 11.2. The number of rotatable bonds is 4. The Hall–Kier alpha value is -0.570. The van der Waals surface area contributed by atoms with E-state index in [1.54, 1.807) is 0 Å². The number of hydrogen-bond acceptors (Lipinski definition) is 2. The van der Waals surface area contributed by atoms with Crippen molar-refractivity contribution in [2.75, 3.05) is 6.61 Å². The van der Waals surface area contributed by atoms with E-state index in [0.717, 1.165) is 6.42 Å². The molecule has 0 aromatic carbocycles. The zero-order valence-electron chi connectivity index (χ0n) is 7.73. The van der Waals surface area contributed by atoms with Gasteiger partial charge < -0.3 is 0 Å². The highest BCUT2D eigenvalue weighted by Gasteiger charge is 2.24. The lowest BCUT2D eigenvalue weighted by molar-refractivity contribution is -0.142. The van der Waals surface area contributed by atoms with E-state index in [-0.39, 0.29) is 11.3 Å². The van der Waals surface area contributed by atoms with Gasteiger partial charge in [0.05, 0.1) is 6.61 Å². The molecule has 1 N–H and O–H groups in total. The Morgan fingerprint density at radius 2 is 2.00 bits per heavy atom. The minimum Gasteiger partial charge on any atom is -0.274 e. The summed E-state index contributed by atoms with van der Waals surface area (Å²) in [6, 6.07) is 0. The Balaban J connectivity index is 3.82. The first-order valence-corrected chi connectivity index (χ1v) is 3.96. The van der Waals surface area contributed by atoms with Gasteiger partial charge in [-0.1, -0.05) is 20.8 Å². The Bertz CT molecular complexity index is 132. The molecule has 0 saturated heterocycles. The minimum atomic E-state index is -0.324. The lowest BCUT2D eigenvalue weighted by Gasteiger charge is -2.20. The predicted molar refractivity (Wildman–Crippen MR) is 43.8 cm³/mol. The Morgan fingerprint density at radius 1 is 1.45 bits per heavy atom. The monoisotopic (exact) mass is 159 g/mol. The zero-order valence-corrected chi connectivity index (χ0v) is 7.73. The van der Waals surface area contributed by atoms with Crippen LogP contribution in [0.3, 0.4) is 0 Å². The van der Waals surface area contributed by atoms with Gasteiger partial charge in [-0.2, -0.15) is 0 Å². The summed E-state index contributed by atoms with van der Waals surface area (Å²) in [6.07, 6.45) is 0.811. The van der Waals surface area contributed by atoms with E-state index in [2.05, 4.69) is 5.48 Å². The molecular formula is C8H17NO2. The van der Waals surface area contributed by atoms with Crippen molar-refractivity contribution in [1.82, 2.24) is 5.48 Å². The van der Waals surface area contributed by atoms with E-state index in [0.29, 0.717) is 6.61 Å². The zero-order chi connectivity index (χ0) is 8.91. The molecule has 0 aromatic heterocycles. The fourth-order valence-corrected chi connectivity index (χ4v) is 0.436. The third-order valence-corrected chi connectivity index (χ3v) is 1.81. The van der Waals surface area contributed by atoms with E-state index in [1.807, 2.05) is 27.7 Å². The normalized spacial score (nSPS) is 11.3. The number of carbonyl (C=O) groups is 1. The van der Waals surface area contributed by atoms with E-state index >= 15 is 0 Å². The first-order chi connectivity index (χ1) is 5.04. The van der Waals surface area contributed by atoms with Gasteiger partial charge in [0.2, 0.25) is 5.91 Å². The molecule has 0 bridgehead atoms. The molecule has 11 heavy (non-hydrogen) atoms. The van der Waals surface area contributed by atoms with Gasteiger partial charge in [0.15, 0.2) is 0 Å². The Kier molecular flexibility index (Phi) is 4.11. The lowest BCUT2D eigenvalue weighted by Crippen LogP contribution is -2.36. The molecule has 0 unspecified atom stereocenters. The molecule has 3 nitrogen and oxygen atoms in total. The summed E-state index contributed by atoms with van der Waals surface area (Å²) >= 11 is 0. The van der Waals surface area contributed by atoms with Crippen molar-refractivity contribution in [2.24, 2.45) is 5.41 Å². The second-order valence-electron chi connectivity index (χ2n) is 3.10. The molecular weight excluding hydrogens is 142 g/mol. The highest BCUT2D eigenvalue weighted by atomic mass is 16.6. The van der Waals surface area contributed by atoms with Crippen LogP contribution in [0.25, 0.3) is 0 Å². The third-order valence-electron chi connectivity index (χ3n) is 1.81. The SMILES string of the molecule is CCONC(=O)C(C)(C)CC. The maximum absolute atomic E-state index is 11.2.